The molecule has 0 aromatic carbocycles. The average Bonchev–Trinajstić information content (AvgIpc) is 3.34. The summed E-state index contributed by atoms with van der Waals surface area (Å²) in [6.07, 6.45) is 78.5. The first-order valence-electron chi connectivity index (χ1n) is 32.2. The largest absolute Gasteiger partial charge is 0.394 e. The molecule has 408 valence electrons. The first-order chi connectivity index (χ1) is 33.7. The van der Waals surface area contributed by atoms with Crippen molar-refractivity contribution < 1.29 is 15.0 Å². The highest BCUT2D eigenvalue weighted by Crippen LogP contribution is 2.19. The van der Waals surface area contributed by atoms with Crippen LogP contribution >= 0.6 is 0 Å². The first-order valence-corrected chi connectivity index (χ1v) is 32.2. The van der Waals surface area contributed by atoms with Gasteiger partial charge >= 0.3 is 0 Å². The van der Waals surface area contributed by atoms with Crippen LogP contribution in [0.15, 0.2) is 0 Å². The Bertz CT molecular complexity index is 910. The maximum Gasteiger partial charge on any atom is 0.220 e. The van der Waals surface area contributed by atoms with Crippen molar-refractivity contribution in [2.45, 2.75) is 398 Å². The fourth-order valence-electron chi connectivity index (χ4n) is 10.7. The highest BCUT2D eigenvalue weighted by molar-refractivity contribution is 5.76. The molecular weight excluding hydrogens is 831 g/mol. The SMILES string of the molecule is CCCCCCCCCCCCCCCCCCCCCCCCCCCCCCCC(O)C(CO)NC(=O)CCCCCCCCCCCCCCCCCCCCCCCCCCCCC. The third-order valence-corrected chi connectivity index (χ3v) is 15.6. The molecule has 0 aromatic heterocycles. The average molecular weight is 961 g/mol. The van der Waals surface area contributed by atoms with Crippen molar-refractivity contribution in [1.82, 2.24) is 5.32 Å². The molecule has 2 atom stereocenters. The number of carbonyl (C=O) groups excluding carboxylic acids is 1. The van der Waals surface area contributed by atoms with Crippen molar-refractivity contribution >= 4 is 5.91 Å². The first kappa shape index (κ1) is 67.4. The minimum absolute atomic E-state index is 0.0201. The molecule has 3 N–H and O–H groups in total. The number of hydrogen-bond donors (Lipinski definition) is 3. The van der Waals surface area contributed by atoms with E-state index in [2.05, 4.69) is 19.2 Å². The summed E-state index contributed by atoms with van der Waals surface area (Å²) < 4.78 is 0. The van der Waals surface area contributed by atoms with Crippen molar-refractivity contribution in [1.29, 1.82) is 0 Å². The Morgan fingerprint density at radius 1 is 0.294 bits per heavy atom. The Hall–Kier alpha value is -0.610. The number of nitrogens with one attached hydrogen (secondary N) is 1. The van der Waals surface area contributed by atoms with Crippen LogP contribution < -0.4 is 5.32 Å². The quantitative estimate of drug-likeness (QED) is 0.0532. The summed E-state index contributed by atoms with van der Waals surface area (Å²) in [6, 6.07) is -0.532. The van der Waals surface area contributed by atoms with Crippen LogP contribution in [0.3, 0.4) is 0 Å². The summed E-state index contributed by atoms with van der Waals surface area (Å²) in [5.74, 6) is -0.0201. The number of aliphatic hydroxyl groups is 2. The lowest BCUT2D eigenvalue weighted by molar-refractivity contribution is -0.123. The van der Waals surface area contributed by atoms with Crippen LogP contribution in [-0.2, 0) is 4.79 Å². The monoisotopic (exact) mass is 960 g/mol. The van der Waals surface area contributed by atoms with E-state index < -0.39 is 12.1 Å². The molecule has 1 amide bonds. The molecule has 0 fully saturated rings. The Morgan fingerprint density at radius 3 is 0.662 bits per heavy atom. The van der Waals surface area contributed by atoms with E-state index in [4.69, 9.17) is 0 Å². The van der Waals surface area contributed by atoms with Gasteiger partial charge in [-0.3, -0.25) is 4.79 Å². The molecule has 0 heterocycles. The van der Waals surface area contributed by atoms with Crippen LogP contribution in [0.5, 0.6) is 0 Å². The van der Waals surface area contributed by atoms with Gasteiger partial charge in [0, 0.05) is 6.42 Å². The number of hydrogen-bond acceptors (Lipinski definition) is 3. The van der Waals surface area contributed by atoms with Crippen LogP contribution in [0.25, 0.3) is 0 Å². The van der Waals surface area contributed by atoms with E-state index in [1.807, 2.05) is 0 Å². The van der Waals surface area contributed by atoms with Gasteiger partial charge in [0.25, 0.3) is 0 Å². The molecule has 0 aliphatic rings. The Labute approximate surface area is 429 Å². The molecule has 0 saturated carbocycles. The minimum Gasteiger partial charge on any atom is -0.394 e. The van der Waals surface area contributed by atoms with E-state index in [1.54, 1.807) is 0 Å². The van der Waals surface area contributed by atoms with Gasteiger partial charge in [-0.05, 0) is 12.8 Å². The molecule has 0 bridgehead atoms. The molecule has 0 aliphatic carbocycles. The van der Waals surface area contributed by atoms with Gasteiger partial charge in [0.05, 0.1) is 18.8 Å². The minimum atomic E-state index is -0.656. The summed E-state index contributed by atoms with van der Waals surface area (Å²) in [4.78, 5) is 12.5. The molecule has 0 aliphatic heterocycles. The van der Waals surface area contributed by atoms with Gasteiger partial charge in [0.1, 0.15) is 0 Å². The smallest absolute Gasteiger partial charge is 0.220 e. The summed E-state index contributed by atoms with van der Waals surface area (Å²) in [7, 11) is 0. The molecule has 4 heteroatoms. The van der Waals surface area contributed by atoms with Gasteiger partial charge in [0.2, 0.25) is 5.91 Å². The van der Waals surface area contributed by atoms with Crippen LogP contribution in [-0.4, -0.2) is 34.9 Å². The lowest BCUT2D eigenvalue weighted by Gasteiger charge is -2.22. The summed E-state index contributed by atoms with van der Waals surface area (Å²) in [6.45, 7) is 4.42. The molecule has 0 aromatic rings. The second-order valence-corrected chi connectivity index (χ2v) is 22.6. The molecule has 2 unspecified atom stereocenters. The van der Waals surface area contributed by atoms with Gasteiger partial charge < -0.3 is 15.5 Å². The topological polar surface area (TPSA) is 69.6 Å². The van der Waals surface area contributed by atoms with E-state index in [0.29, 0.717) is 12.8 Å². The second-order valence-electron chi connectivity index (χ2n) is 22.6. The molecule has 0 radical (unpaired) electrons. The van der Waals surface area contributed by atoms with Gasteiger partial charge in [0.15, 0.2) is 0 Å². The highest BCUT2D eigenvalue weighted by Gasteiger charge is 2.20. The number of aliphatic hydroxyl groups excluding tert-OH is 2. The van der Waals surface area contributed by atoms with Gasteiger partial charge in [-0.2, -0.15) is 0 Å². The van der Waals surface area contributed by atoms with Crippen LogP contribution in [0.1, 0.15) is 386 Å². The van der Waals surface area contributed by atoms with Crippen molar-refractivity contribution in [3.8, 4) is 0 Å². The zero-order valence-corrected chi connectivity index (χ0v) is 47.2. The van der Waals surface area contributed by atoms with E-state index in [0.717, 1.165) is 25.7 Å². The van der Waals surface area contributed by atoms with Gasteiger partial charge in [-0.1, -0.05) is 367 Å². The normalized spacial score (nSPS) is 12.6. The predicted octanol–water partition coefficient (Wildman–Crippen LogP) is 21.5. The molecule has 0 saturated heterocycles. The van der Waals surface area contributed by atoms with Crippen LogP contribution in [0.2, 0.25) is 0 Å². The number of carbonyl (C=O) groups is 1. The maximum atomic E-state index is 12.5. The Kier molecular flexibility index (Phi) is 60.1. The molecular formula is C64H129NO3. The predicted molar refractivity (Wildman–Crippen MR) is 304 cm³/mol. The zero-order chi connectivity index (χ0) is 49.2. The van der Waals surface area contributed by atoms with E-state index in [1.165, 1.54) is 334 Å². The summed E-state index contributed by atoms with van der Waals surface area (Å²) in [5.41, 5.74) is 0. The van der Waals surface area contributed by atoms with Crippen LogP contribution in [0.4, 0.5) is 0 Å². The van der Waals surface area contributed by atoms with Crippen molar-refractivity contribution in [2.75, 3.05) is 6.61 Å². The zero-order valence-electron chi connectivity index (χ0n) is 47.2. The fraction of sp³-hybridized carbons (Fsp3) is 0.984. The van der Waals surface area contributed by atoms with E-state index >= 15 is 0 Å². The van der Waals surface area contributed by atoms with E-state index in [9.17, 15) is 15.0 Å². The third-order valence-electron chi connectivity index (χ3n) is 15.6. The molecule has 4 nitrogen and oxygen atoms in total. The second kappa shape index (κ2) is 60.7. The maximum absolute atomic E-state index is 12.5. The highest BCUT2D eigenvalue weighted by atomic mass is 16.3. The summed E-state index contributed by atoms with van der Waals surface area (Å²) in [5, 5.41) is 23.4. The summed E-state index contributed by atoms with van der Waals surface area (Å²) >= 11 is 0. The number of rotatable bonds is 61. The lowest BCUT2D eigenvalue weighted by atomic mass is 10.0. The van der Waals surface area contributed by atoms with Gasteiger partial charge in [-0.25, -0.2) is 0 Å². The van der Waals surface area contributed by atoms with Crippen LogP contribution in [0, 0.1) is 0 Å². The standard InChI is InChI=1S/C64H129NO3/c1-3-5-7-9-11-13-15-17-19-21-23-25-27-29-31-32-34-35-37-39-41-43-45-47-49-51-53-55-57-59-63(67)62(61-66)65-64(68)60-58-56-54-52-50-48-46-44-42-40-38-36-33-30-28-26-24-22-20-18-16-14-12-10-8-6-4-2/h62-63,66-67H,3-61H2,1-2H3,(H,65,68). The number of amides is 1. The fourth-order valence-corrected chi connectivity index (χ4v) is 10.7. The molecule has 0 spiro atoms. The Balaban J connectivity index is 3.37. The Morgan fingerprint density at radius 2 is 0.471 bits per heavy atom. The van der Waals surface area contributed by atoms with Crippen molar-refractivity contribution in [3.05, 3.63) is 0 Å². The number of unbranched alkanes of at least 4 members (excludes halogenated alkanes) is 54. The van der Waals surface area contributed by atoms with Crippen molar-refractivity contribution in [2.24, 2.45) is 0 Å². The van der Waals surface area contributed by atoms with E-state index in [-0.39, 0.29) is 12.5 Å². The van der Waals surface area contributed by atoms with Crippen molar-refractivity contribution in [3.63, 3.8) is 0 Å². The third kappa shape index (κ3) is 56.3. The molecule has 0 rings (SSSR count). The van der Waals surface area contributed by atoms with Gasteiger partial charge in [-0.15, -0.1) is 0 Å². The molecule has 68 heavy (non-hydrogen) atoms. The lowest BCUT2D eigenvalue weighted by Crippen LogP contribution is -2.45.